The summed E-state index contributed by atoms with van der Waals surface area (Å²) in [5, 5.41) is 48.9. The number of aromatic nitrogens is 5. The van der Waals surface area contributed by atoms with Gasteiger partial charge in [-0.2, -0.15) is 0 Å². The number of anilines is 1. The van der Waals surface area contributed by atoms with Crippen molar-refractivity contribution < 1.29 is 95.5 Å². The molecule has 2 saturated carbocycles. The number of rotatable bonds is 33. The molecule has 0 radical (unpaired) electrons. The van der Waals surface area contributed by atoms with E-state index in [9.17, 15) is 58.5 Å². The standard InChI is InChI=1S/C82H95N9O21SSi2/c1-47-59(108-77(104)67(98)65(50-22-14-11-15-23-50)91-74(101)51-24-16-12-17-25-51)40-82(105)71(110-76(103)53-26-18-13-19-27-53)69-80(6,70(99)68(64(47)79(82,4)5)109-63(97)35-34-62(95)96)54(39-60-81(69,45-106-60)111-49(3)92)38-57(93)28-21-37-114(7,8)112-115(9,10)46-113-78-87-44-58(107-78)43-85-61(94)29-20-36-83-73(100)52-30-32-55(33-31-52)84-41-56-42-86-72-66(90-56)75(102)89-48(2)88-72/h11-19,21-27,30-33,37,42,44,54,59-60,65,67-69,71,84,98,105H,20,28-29,34-36,38-41,43,45-46H2,1-10H3,(H,83,100)(H,85,94)(H,91,101)(H,95,96)(H,86,88,89,102)/b37-21+/t54-,59-,60+,65-,67+,68+,69-,71-,80+,81-,82+/m0/s1. The number of aliphatic carboxylic acids is 1. The minimum absolute atomic E-state index is 0.00307. The Kier molecular flexibility index (Phi) is 26.4. The molecule has 1 aliphatic heterocycles. The fraction of sp³-hybridized carbons (Fsp3) is 0.427. The van der Waals surface area contributed by atoms with Crippen LogP contribution in [0, 0.1) is 29.6 Å². The Morgan fingerprint density at radius 1 is 0.783 bits per heavy atom. The number of Topliss-reactive ketones (excluding diaryl/α,β-unsaturated/α-hetero) is 2. The van der Waals surface area contributed by atoms with E-state index in [0.717, 1.165) is 6.92 Å². The van der Waals surface area contributed by atoms with Crippen molar-refractivity contribution in [3.8, 4) is 0 Å². The van der Waals surface area contributed by atoms with Gasteiger partial charge in [0.25, 0.3) is 22.6 Å². The number of aliphatic hydroxyl groups excluding tert-OH is 1. The summed E-state index contributed by atoms with van der Waals surface area (Å²) in [6.45, 7) is 17.0. The number of carbonyl (C=O) groups excluding carboxylic acids is 9. The molecule has 3 aliphatic carbocycles. The minimum Gasteiger partial charge on any atom is -0.481 e. The predicted octanol–water partition coefficient (Wildman–Crippen LogP) is 8.80. The summed E-state index contributed by atoms with van der Waals surface area (Å²) in [6, 6.07) is 29.3. The van der Waals surface area contributed by atoms with E-state index in [1.807, 2.05) is 31.9 Å². The van der Waals surface area contributed by atoms with Crippen molar-refractivity contribution in [1.82, 2.24) is 40.9 Å². The lowest BCUT2D eigenvalue weighted by Crippen LogP contribution is -2.81. The molecule has 3 amide bonds. The Labute approximate surface area is 669 Å². The molecular weight excluding hydrogens is 1540 g/mol. The summed E-state index contributed by atoms with van der Waals surface area (Å²) >= 11 is 1.36. The van der Waals surface area contributed by atoms with Crippen LogP contribution in [0.3, 0.4) is 0 Å². The number of allylic oxidation sites excluding steroid dienone is 1. The van der Waals surface area contributed by atoms with Gasteiger partial charge in [0.05, 0.1) is 68.1 Å². The Morgan fingerprint density at radius 2 is 1.45 bits per heavy atom. The van der Waals surface area contributed by atoms with Crippen LogP contribution in [0.25, 0.3) is 11.2 Å². The zero-order valence-electron chi connectivity index (χ0n) is 65.5. The van der Waals surface area contributed by atoms with Gasteiger partial charge >= 0.3 is 29.8 Å². The lowest BCUT2D eigenvalue weighted by Gasteiger charge is -2.68. The van der Waals surface area contributed by atoms with Crippen molar-refractivity contribution in [2.45, 2.75) is 185 Å². The third kappa shape index (κ3) is 19.5. The molecule has 8 N–H and O–H groups in total. The summed E-state index contributed by atoms with van der Waals surface area (Å²) in [7, 11) is -5.30. The zero-order valence-corrected chi connectivity index (χ0v) is 68.3. The number of oxazole rings is 1. The van der Waals surface area contributed by atoms with Gasteiger partial charge < -0.3 is 73.8 Å². The van der Waals surface area contributed by atoms with Crippen molar-refractivity contribution in [3.63, 3.8) is 0 Å². The first-order chi connectivity index (χ1) is 54.5. The van der Waals surface area contributed by atoms with Crippen LogP contribution in [-0.4, -0.2) is 176 Å². The van der Waals surface area contributed by atoms with Crippen molar-refractivity contribution in [1.29, 1.82) is 0 Å². The molecule has 2 bridgehead atoms. The second-order valence-electron chi connectivity index (χ2n) is 31.3. The predicted molar refractivity (Wildman–Crippen MR) is 423 cm³/mol. The number of amides is 3. The van der Waals surface area contributed by atoms with Gasteiger partial charge in [-0.15, -0.1) is 0 Å². The van der Waals surface area contributed by atoms with Gasteiger partial charge in [0.2, 0.25) is 5.91 Å². The maximum absolute atomic E-state index is 16.9. The normalized spacial score (nSPS) is 22.8. The first-order valence-corrected chi connectivity index (χ1v) is 44.9. The number of ether oxygens (including phenoxy) is 5. The molecule has 11 rings (SSSR count). The number of aryl methyl sites for hydroxylation is 1. The number of fused-ring (bicyclic) bond motifs is 6. The monoisotopic (exact) mass is 1630 g/mol. The van der Waals surface area contributed by atoms with E-state index in [-0.39, 0.29) is 102 Å². The molecule has 4 aliphatic rings. The number of aliphatic hydroxyl groups is 2. The molecule has 7 aromatic rings. The highest BCUT2D eigenvalue weighted by Crippen LogP contribution is 2.66. The van der Waals surface area contributed by atoms with Gasteiger partial charge in [0.1, 0.15) is 41.3 Å². The Bertz CT molecular complexity index is 4950. The van der Waals surface area contributed by atoms with E-state index >= 15 is 9.59 Å². The lowest BCUT2D eigenvalue weighted by atomic mass is 9.42. The van der Waals surface area contributed by atoms with Gasteiger partial charge in [-0.1, -0.05) is 111 Å². The quantitative estimate of drug-likeness (QED) is 0.00475. The molecule has 3 fully saturated rings. The number of hydrogen-bond acceptors (Lipinski definition) is 26. The first-order valence-electron chi connectivity index (χ1n) is 37.9. The average molecular weight is 1630 g/mol. The molecule has 115 heavy (non-hydrogen) atoms. The van der Waals surface area contributed by atoms with Crippen LogP contribution >= 0.6 is 11.8 Å². The second kappa shape index (κ2) is 35.6. The van der Waals surface area contributed by atoms with Crippen molar-refractivity contribution >= 4 is 104 Å². The van der Waals surface area contributed by atoms with Crippen molar-refractivity contribution in [2.75, 3.05) is 23.8 Å². The highest BCUT2D eigenvalue weighted by atomic mass is 32.2. The Balaban J connectivity index is 0.766. The molecule has 3 aromatic heterocycles. The van der Waals surface area contributed by atoms with Crippen LogP contribution in [0.15, 0.2) is 165 Å². The number of benzene rings is 4. The number of H-pyrrole nitrogens is 1. The number of aromatic amines is 1. The highest BCUT2D eigenvalue weighted by Gasteiger charge is 2.78. The average Bonchev–Trinajstić information content (AvgIpc) is 0.834. The topological polar surface area (TPSA) is 432 Å². The Morgan fingerprint density at radius 3 is 2.11 bits per heavy atom. The first kappa shape index (κ1) is 85.2. The number of carboxylic acids is 1. The molecule has 1 saturated heterocycles. The third-order valence-electron chi connectivity index (χ3n) is 21.7. The SMILES string of the molecule is CC(=O)O[C@@]12CO[C@@H]1C[C@H](CC(=O)C/C=C/[Si](C)(C)O[Si](C)(C)CSc1ncc(CNC(=O)CCCNC(=O)c3ccc(NCc4cnc5nc(C)[nH]c(=O)c5n4)cc3)o1)[C@@]1(C)C(=O)[C@H](OC(=O)CCC(=O)O)C3=C(C)[C@@H](OC(=O)[C@H](O)[C@@H](NC(=O)c4ccccc4)c4ccccc4)C[C@@](O)([C@@H](OC(=O)c4ccccc4)[C@H]21)C3(C)C. The fourth-order valence-electron chi connectivity index (χ4n) is 16.0. The number of nitrogens with zero attached hydrogens (tertiary/aromatic N) is 4. The summed E-state index contributed by atoms with van der Waals surface area (Å²) in [6.07, 6.45) is -6.54. The highest BCUT2D eigenvalue weighted by molar-refractivity contribution is 8.00. The summed E-state index contributed by atoms with van der Waals surface area (Å²) in [5.41, 5.74) is -4.55. The lowest BCUT2D eigenvalue weighted by molar-refractivity contribution is -0.341. The van der Waals surface area contributed by atoms with Crippen LogP contribution in [0.2, 0.25) is 26.2 Å². The zero-order chi connectivity index (χ0) is 83.0. The molecule has 30 nitrogen and oxygen atoms in total. The molecule has 0 spiro atoms. The number of thioether (sulfide) groups is 1. The van der Waals surface area contributed by atoms with Gasteiger partial charge in [-0.3, -0.25) is 43.2 Å². The maximum Gasteiger partial charge on any atom is 0.338 e. The van der Waals surface area contributed by atoms with Gasteiger partial charge in [0, 0.05) is 72.2 Å². The van der Waals surface area contributed by atoms with Crippen molar-refractivity contribution in [3.05, 3.63) is 200 Å². The van der Waals surface area contributed by atoms with Crippen LogP contribution < -0.4 is 26.8 Å². The summed E-state index contributed by atoms with van der Waals surface area (Å²) in [4.78, 5) is 174. The van der Waals surface area contributed by atoms with Gasteiger partial charge in [-0.05, 0) is 124 Å². The number of carboxylic acid groups (broad SMARTS) is 1. The second-order valence-corrected chi connectivity index (χ2v) is 40.9. The molecule has 33 heteroatoms. The number of esters is 4. The summed E-state index contributed by atoms with van der Waals surface area (Å²) < 4.78 is 44.8. The molecule has 4 heterocycles. The molecule has 11 atom stereocenters. The number of hydrogen-bond donors (Lipinski definition) is 8. The van der Waals surface area contributed by atoms with Crippen LogP contribution in [0.5, 0.6) is 0 Å². The van der Waals surface area contributed by atoms with E-state index in [4.69, 9.17) is 32.2 Å². The van der Waals surface area contributed by atoms with E-state index in [1.54, 1.807) is 104 Å². The van der Waals surface area contributed by atoms with Crippen LogP contribution in [0.1, 0.15) is 146 Å². The fourth-order valence-corrected chi connectivity index (χ4v) is 25.6. The molecule has 608 valence electrons. The third-order valence-corrected chi connectivity index (χ3v) is 30.8. The number of nitrogens with one attached hydrogen (secondary N) is 5. The summed E-state index contributed by atoms with van der Waals surface area (Å²) in [5.74, 6) is -10.2. The molecule has 0 unspecified atom stereocenters. The van der Waals surface area contributed by atoms with Crippen LogP contribution in [0.4, 0.5) is 5.69 Å². The smallest absolute Gasteiger partial charge is 0.338 e. The minimum atomic E-state index is -2.75. The Hall–Kier alpha value is -10.7. The maximum atomic E-state index is 16.9. The van der Waals surface area contributed by atoms with E-state index in [2.05, 4.69) is 46.2 Å². The van der Waals surface area contributed by atoms with E-state index < -0.39 is 154 Å². The molecule has 4 aromatic carbocycles. The molecular formula is C82H95N9O21SSi2. The van der Waals surface area contributed by atoms with Gasteiger partial charge in [-0.25, -0.2) is 29.5 Å². The largest absolute Gasteiger partial charge is 0.481 e. The van der Waals surface area contributed by atoms with Crippen LogP contribution in [-0.2, 0) is 74.5 Å². The van der Waals surface area contributed by atoms with Gasteiger partial charge in [0.15, 0.2) is 51.4 Å². The van der Waals surface area contributed by atoms with Crippen molar-refractivity contribution in [2.24, 2.45) is 22.7 Å². The van der Waals surface area contributed by atoms with E-state index in [1.165, 1.54) is 76.1 Å². The number of carbonyl (C=O) groups is 10. The van der Waals surface area contributed by atoms with E-state index in [0.29, 0.717) is 51.1 Å². The number of ketones is 2.